The molecule has 6 rings (SSSR count). The smallest absolute Gasteiger partial charge is 0.257 e. The number of nitrogens with zero attached hydrogens (tertiary/aromatic N) is 1. The molecule has 6 nitrogen and oxygen atoms in total. The third-order valence-corrected chi connectivity index (χ3v) is 8.13. The fourth-order valence-corrected chi connectivity index (χ4v) is 6.14. The Labute approximate surface area is 221 Å². The second-order valence-electron chi connectivity index (χ2n) is 10.4. The fraction of sp³-hybridized carbons (Fsp3) is 0.250. The van der Waals surface area contributed by atoms with Crippen LogP contribution in [0.2, 0.25) is 0 Å². The Morgan fingerprint density at radius 3 is 2.00 bits per heavy atom. The minimum Gasteiger partial charge on any atom is -0.354 e. The molecule has 0 saturated carbocycles. The Balaban J connectivity index is 1.38. The van der Waals surface area contributed by atoms with Crippen LogP contribution in [0.25, 0.3) is 0 Å². The van der Waals surface area contributed by atoms with Gasteiger partial charge in [0, 0.05) is 33.5 Å². The van der Waals surface area contributed by atoms with Gasteiger partial charge in [-0.3, -0.25) is 24.1 Å². The van der Waals surface area contributed by atoms with Crippen molar-refractivity contribution in [3.63, 3.8) is 0 Å². The molecule has 1 heterocycles. The maximum Gasteiger partial charge on any atom is 0.257 e. The Morgan fingerprint density at radius 1 is 0.737 bits per heavy atom. The number of hydrogen-bond donors (Lipinski definition) is 1. The van der Waals surface area contributed by atoms with Crippen molar-refractivity contribution in [2.24, 2.45) is 0 Å². The highest BCUT2D eigenvalue weighted by Gasteiger charge is 2.39. The predicted molar refractivity (Wildman–Crippen MR) is 145 cm³/mol. The van der Waals surface area contributed by atoms with E-state index in [-0.39, 0.29) is 29.9 Å². The number of ketones is 2. The van der Waals surface area contributed by atoms with Gasteiger partial charge >= 0.3 is 0 Å². The minimum absolute atomic E-state index is 0.167. The summed E-state index contributed by atoms with van der Waals surface area (Å²) in [5.74, 6) is -0.692. The molecule has 3 aromatic carbocycles. The molecule has 0 aromatic heterocycles. The Kier molecular flexibility index (Phi) is 5.64. The lowest BCUT2D eigenvalue weighted by Gasteiger charge is -2.24. The summed E-state index contributed by atoms with van der Waals surface area (Å²) in [6.07, 6.45) is 3.22. The van der Waals surface area contributed by atoms with Crippen molar-refractivity contribution in [3.05, 3.63) is 104 Å². The minimum atomic E-state index is -0.189. The lowest BCUT2D eigenvalue weighted by atomic mass is 9.83. The largest absolute Gasteiger partial charge is 0.354 e. The normalized spacial score (nSPS) is 16.6. The molecule has 0 saturated heterocycles. The number of fused-ring (bicyclic) bond motifs is 2. The van der Waals surface area contributed by atoms with E-state index in [1.54, 1.807) is 36.4 Å². The summed E-state index contributed by atoms with van der Waals surface area (Å²) in [6.45, 7) is 6.14. The molecule has 0 fully saturated rings. The Morgan fingerprint density at radius 2 is 1.34 bits per heavy atom. The number of anilines is 2. The molecule has 38 heavy (non-hydrogen) atoms. The number of imide groups is 1. The zero-order valence-corrected chi connectivity index (χ0v) is 21.7. The number of benzene rings is 3. The highest BCUT2D eigenvalue weighted by atomic mass is 16.2. The number of nitrogens with one attached hydrogen (secondary N) is 1. The van der Waals surface area contributed by atoms with Crippen LogP contribution in [-0.2, 0) is 16.1 Å². The van der Waals surface area contributed by atoms with E-state index in [9.17, 15) is 19.2 Å². The molecule has 0 spiro atoms. The van der Waals surface area contributed by atoms with Gasteiger partial charge in [0.05, 0.1) is 17.8 Å². The van der Waals surface area contributed by atoms with E-state index in [0.29, 0.717) is 51.9 Å². The van der Waals surface area contributed by atoms with Crippen molar-refractivity contribution in [2.75, 3.05) is 5.32 Å². The third-order valence-electron chi connectivity index (χ3n) is 8.13. The molecule has 6 heteroatoms. The quantitative estimate of drug-likeness (QED) is 0.352. The highest BCUT2D eigenvalue weighted by molar-refractivity contribution is 6.30. The summed E-state index contributed by atoms with van der Waals surface area (Å²) < 4.78 is 0. The molecule has 190 valence electrons. The number of carbonyl (C=O) groups excluding carboxylic acids is 4. The van der Waals surface area contributed by atoms with Crippen molar-refractivity contribution in [1.82, 2.24) is 4.90 Å². The second-order valence-corrected chi connectivity index (χ2v) is 10.4. The molecule has 1 N–H and O–H groups in total. The summed E-state index contributed by atoms with van der Waals surface area (Å²) in [7, 11) is 0. The average molecular weight is 505 g/mol. The monoisotopic (exact) mass is 504 g/mol. The van der Waals surface area contributed by atoms with Crippen LogP contribution in [-0.4, -0.2) is 28.3 Å². The second kappa shape index (κ2) is 8.91. The van der Waals surface area contributed by atoms with Crippen LogP contribution < -0.4 is 5.32 Å². The van der Waals surface area contributed by atoms with Crippen LogP contribution in [0.4, 0.5) is 11.4 Å². The molecule has 1 aliphatic heterocycles. The van der Waals surface area contributed by atoms with E-state index in [1.807, 2.05) is 32.9 Å². The van der Waals surface area contributed by atoms with Gasteiger partial charge in [0.15, 0.2) is 11.6 Å². The average Bonchev–Trinajstić information content (AvgIpc) is 3.16. The summed E-state index contributed by atoms with van der Waals surface area (Å²) in [5.41, 5.74) is 8.05. The number of carbonyl (C=O) groups is 4. The van der Waals surface area contributed by atoms with E-state index < -0.39 is 0 Å². The zero-order valence-electron chi connectivity index (χ0n) is 21.7. The van der Waals surface area contributed by atoms with Crippen molar-refractivity contribution in [1.29, 1.82) is 0 Å². The van der Waals surface area contributed by atoms with Crippen LogP contribution in [0, 0.1) is 20.8 Å². The summed E-state index contributed by atoms with van der Waals surface area (Å²) in [6, 6.07) is 14.2. The molecule has 0 radical (unpaired) electrons. The Hall–Kier alpha value is -4.32. The van der Waals surface area contributed by atoms with Gasteiger partial charge in [0.2, 0.25) is 0 Å². The number of aryl methyl sites for hydroxylation is 2. The van der Waals surface area contributed by atoms with E-state index >= 15 is 0 Å². The molecular formula is C32H28N2O4. The van der Waals surface area contributed by atoms with Crippen molar-refractivity contribution < 1.29 is 19.2 Å². The van der Waals surface area contributed by atoms with Gasteiger partial charge in [0.1, 0.15) is 0 Å². The standard InChI is InChI=1S/C32H28N2O4/c1-17-15-18(2)28(19(3)25(17)16-34-31(37)22-11-6-7-12-23(22)32(34)38)33-26-14-8-13-24-27(26)30(36)21-10-5-4-9-20(21)29(24)35/h4-5,8-10,13-15,33H,6-7,11-12,16H2,1-3H3. The van der Waals surface area contributed by atoms with E-state index in [4.69, 9.17) is 0 Å². The molecule has 2 amide bonds. The fourth-order valence-electron chi connectivity index (χ4n) is 6.14. The van der Waals surface area contributed by atoms with E-state index in [2.05, 4.69) is 5.32 Å². The van der Waals surface area contributed by atoms with Crippen molar-refractivity contribution in [3.8, 4) is 0 Å². The number of hydrogen-bond acceptors (Lipinski definition) is 5. The van der Waals surface area contributed by atoms with Gasteiger partial charge in [-0.05, 0) is 74.8 Å². The van der Waals surface area contributed by atoms with Crippen molar-refractivity contribution >= 4 is 34.8 Å². The molecular weight excluding hydrogens is 476 g/mol. The zero-order chi connectivity index (χ0) is 26.7. The van der Waals surface area contributed by atoms with E-state index in [0.717, 1.165) is 40.8 Å². The molecule has 0 unspecified atom stereocenters. The van der Waals surface area contributed by atoms with E-state index in [1.165, 1.54) is 4.90 Å². The van der Waals surface area contributed by atoms with Crippen LogP contribution in [0.3, 0.4) is 0 Å². The first-order valence-electron chi connectivity index (χ1n) is 13.0. The predicted octanol–water partition coefficient (Wildman–Crippen LogP) is 5.87. The number of rotatable bonds is 4. The van der Waals surface area contributed by atoms with Crippen LogP contribution in [0.15, 0.2) is 59.7 Å². The van der Waals surface area contributed by atoms with Crippen LogP contribution >= 0.6 is 0 Å². The summed E-state index contributed by atoms with van der Waals surface area (Å²) in [5, 5.41) is 3.44. The van der Waals surface area contributed by atoms with Gasteiger partial charge in [-0.25, -0.2) is 0 Å². The first kappa shape index (κ1) is 24.0. The Bertz CT molecular complexity index is 1600. The van der Waals surface area contributed by atoms with Gasteiger partial charge in [-0.1, -0.05) is 42.5 Å². The molecule has 0 atom stereocenters. The lowest BCUT2D eigenvalue weighted by Crippen LogP contribution is -2.31. The molecule has 3 aromatic rings. The molecule has 0 bridgehead atoms. The first-order chi connectivity index (χ1) is 18.3. The molecule has 3 aliphatic rings. The maximum atomic E-state index is 13.5. The first-order valence-corrected chi connectivity index (χ1v) is 13.0. The molecule has 2 aliphatic carbocycles. The van der Waals surface area contributed by atoms with Gasteiger partial charge in [-0.15, -0.1) is 0 Å². The van der Waals surface area contributed by atoms with Gasteiger partial charge in [0.25, 0.3) is 11.8 Å². The summed E-state index contributed by atoms with van der Waals surface area (Å²) >= 11 is 0. The third kappa shape index (κ3) is 3.55. The highest BCUT2D eigenvalue weighted by Crippen LogP contribution is 2.38. The summed E-state index contributed by atoms with van der Waals surface area (Å²) in [4.78, 5) is 54.3. The van der Waals surface area contributed by atoms with Gasteiger partial charge < -0.3 is 5.32 Å². The van der Waals surface area contributed by atoms with Crippen molar-refractivity contribution in [2.45, 2.75) is 53.0 Å². The lowest BCUT2D eigenvalue weighted by molar-refractivity contribution is -0.138. The van der Waals surface area contributed by atoms with Crippen LogP contribution in [0.5, 0.6) is 0 Å². The van der Waals surface area contributed by atoms with Crippen LogP contribution in [0.1, 0.15) is 79.8 Å². The van der Waals surface area contributed by atoms with Gasteiger partial charge in [-0.2, -0.15) is 0 Å². The topological polar surface area (TPSA) is 83.6 Å². The SMILES string of the molecule is Cc1cc(C)c(Nc2cccc3c2C(=O)c2ccccc2C3=O)c(C)c1CN1C(=O)C2=C(CCCC2)C1=O. The number of amides is 2. The maximum absolute atomic E-state index is 13.5.